The maximum atomic E-state index is 12.6. The number of hydrogen-bond donors (Lipinski definition) is 1. The van der Waals surface area contributed by atoms with Crippen molar-refractivity contribution in [2.45, 2.75) is 38.7 Å². The first-order chi connectivity index (χ1) is 9.13. The van der Waals surface area contributed by atoms with Crippen LogP contribution in [0.3, 0.4) is 0 Å². The van der Waals surface area contributed by atoms with Crippen LogP contribution in [0.2, 0.25) is 0 Å². The number of likely N-dealkylation sites (tertiary alicyclic amines) is 1. The quantitative estimate of drug-likeness (QED) is 0.907. The molecule has 1 aromatic rings. The number of piperidine rings is 1. The van der Waals surface area contributed by atoms with Crippen molar-refractivity contribution in [1.82, 2.24) is 4.90 Å². The molecule has 3 atom stereocenters. The third-order valence-corrected chi connectivity index (χ3v) is 4.14. The standard InChI is InChI=1S/C16H23NO2/c1-3-14(13-7-5-4-6-8-13)16(19)17-10-9-12(2)15(18)11-17/h4-8,12,14-15,18H,3,9-11H2,1-2H3. The smallest absolute Gasteiger partial charge is 0.230 e. The number of nitrogens with zero attached hydrogens (tertiary/aromatic N) is 1. The number of β-amino-alcohol motifs (C(OH)–C–C–N with tert-alkyl or cyclic N) is 1. The van der Waals surface area contributed by atoms with Crippen LogP contribution in [0.5, 0.6) is 0 Å². The molecule has 0 aromatic heterocycles. The summed E-state index contributed by atoms with van der Waals surface area (Å²) in [5, 5.41) is 9.93. The molecule has 1 aliphatic rings. The van der Waals surface area contributed by atoms with Crippen LogP contribution in [0.15, 0.2) is 30.3 Å². The second-order valence-corrected chi connectivity index (χ2v) is 5.49. The second-order valence-electron chi connectivity index (χ2n) is 5.49. The van der Waals surface area contributed by atoms with Crippen LogP contribution in [0.1, 0.15) is 38.2 Å². The van der Waals surface area contributed by atoms with Gasteiger partial charge in [-0.2, -0.15) is 0 Å². The van der Waals surface area contributed by atoms with Crippen molar-refractivity contribution in [2.24, 2.45) is 5.92 Å². The van der Waals surface area contributed by atoms with E-state index in [1.165, 1.54) is 0 Å². The van der Waals surface area contributed by atoms with Gasteiger partial charge in [-0.05, 0) is 24.3 Å². The zero-order chi connectivity index (χ0) is 13.8. The van der Waals surface area contributed by atoms with Crippen molar-refractivity contribution < 1.29 is 9.90 Å². The van der Waals surface area contributed by atoms with Gasteiger partial charge in [-0.15, -0.1) is 0 Å². The molecule has 0 spiro atoms. The van der Waals surface area contributed by atoms with E-state index in [1.807, 2.05) is 49.1 Å². The minimum absolute atomic E-state index is 0.0817. The van der Waals surface area contributed by atoms with Gasteiger partial charge < -0.3 is 10.0 Å². The van der Waals surface area contributed by atoms with Crippen LogP contribution >= 0.6 is 0 Å². The van der Waals surface area contributed by atoms with Crippen LogP contribution < -0.4 is 0 Å². The highest BCUT2D eigenvalue weighted by molar-refractivity contribution is 5.83. The van der Waals surface area contributed by atoms with Gasteiger partial charge in [0, 0.05) is 13.1 Å². The van der Waals surface area contributed by atoms with Crippen LogP contribution in [0, 0.1) is 5.92 Å². The van der Waals surface area contributed by atoms with Gasteiger partial charge in [0.1, 0.15) is 0 Å². The first kappa shape index (κ1) is 14.1. The van der Waals surface area contributed by atoms with E-state index in [0.29, 0.717) is 12.5 Å². The van der Waals surface area contributed by atoms with E-state index in [4.69, 9.17) is 0 Å². The Labute approximate surface area is 115 Å². The zero-order valence-electron chi connectivity index (χ0n) is 11.7. The molecule has 0 bridgehead atoms. The predicted molar refractivity (Wildman–Crippen MR) is 75.8 cm³/mol. The molecule has 1 amide bonds. The summed E-state index contributed by atoms with van der Waals surface area (Å²) in [5.74, 6) is 0.363. The molecule has 2 rings (SSSR count). The van der Waals surface area contributed by atoms with Gasteiger partial charge in [-0.25, -0.2) is 0 Å². The topological polar surface area (TPSA) is 40.5 Å². The number of hydrogen-bond acceptors (Lipinski definition) is 2. The van der Waals surface area contributed by atoms with Crippen LogP contribution in [0.25, 0.3) is 0 Å². The van der Waals surface area contributed by atoms with Gasteiger partial charge in [0.15, 0.2) is 0 Å². The lowest BCUT2D eigenvalue weighted by Crippen LogP contribution is -2.47. The Balaban J connectivity index is 2.09. The van der Waals surface area contributed by atoms with Crippen molar-refractivity contribution in [2.75, 3.05) is 13.1 Å². The van der Waals surface area contributed by atoms with Gasteiger partial charge in [0.25, 0.3) is 0 Å². The molecule has 1 fully saturated rings. The molecule has 3 unspecified atom stereocenters. The third-order valence-electron chi connectivity index (χ3n) is 4.14. The molecule has 3 nitrogen and oxygen atoms in total. The molecule has 1 aromatic carbocycles. The molecule has 3 heteroatoms. The Kier molecular flexibility index (Phi) is 4.59. The summed E-state index contributed by atoms with van der Waals surface area (Å²) in [6.45, 7) is 5.32. The van der Waals surface area contributed by atoms with Gasteiger partial charge in [0.05, 0.1) is 12.0 Å². The molecular formula is C16H23NO2. The van der Waals surface area contributed by atoms with E-state index in [-0.39, 0.29) is 17.9 Å². The van der Waals surface area contributed by atoms with Gasteiger partial charge >= 0.3 is 0 Å². The molecule has 19 heavy (non-hydrogen) atoms. The Bertz CT molecular complexity index is 418. The summed E-state index contributed by atoms with van der Waals surface area (Å²) in [6, 6.07) is 9.92. The Morgan fingerprint density at radius 1 is 1.42 bits per heavy atom. The fourth-order valence-corrected chi connectivity index (χ4v) is 2.71. The molecular weight excluding hydrogens is 238 g/mol. The molecule has 1 heterocycles. The van der Waals surface area contributed by atoms with E-state index in [9.17, 15) is 9.90 Å². The van der Waals surface area contributed by atoms with Gasteiger partial charge in [0.2, 0.25) is 5.91 Å². The Morgan fingerprint density at radius 2 is 2.11 bits per heavy atom. The fraction of sp³-hybridized carbons (Fsp3) is 0.562. The largest absolute Gasteiger partial charge is 0.391 e. The first-order valence-corrected chi connectivity index (χ1v) is 7.15. The molecule has 104 valence electrons. The van der Waals surface area contributed by atoms with E-state index in [0.717, 1.165) is 24.9 Å². The summed E-state index contributed by atoms with van der Waals surface area (Å²) in [5.41, 5.74) is 1.07. The van der Waals surface area contributed by atoms with Crippen molar-refractivity contribution in [3.63, 3.8) is 0 Å². The number of rotatable bonds is 3. The SMILES string of the molecule is CCC(C(=O)N1CCC(C)C(O)C1)c1ccccc1. The van der Waals surface area contributed by atoms with Crippen molar-refractivity contribution in [3.05, 3.63) is 35.9 Å². The first-order valence-electron chi connectivity index (χ1n) is 7.15. The Hall–Kier alpha value is -1.35. The minimum atomic E-state index is -0.383. The number of benzene rings is 1. The molecule has 1 aliphatic heterocycles. The number of carbonyl (C=O) groups excluding carboxylic acids is 1. The second kappa shape index (κ2) is 6.20. The molecule has 1 saturated heterocycles. The van der Waals surface area contributed by atoms with E-state index >= 15 is 0 Å². The molecule has 0 aliphatic carbocycles. The lowest BCUT2D eigenvalue weighted by Gasteiger charge is -2.36. The van der Waals surface area contributed by atoms with Gasteiger partial charge in [-0.1, -0.05) is 44.2 Å². The van der Waals surface area contributed by atoms with Crippen molar-refractivity contribution >= 4 is 5.91 Å². The van der Waals surface area contributed by atoms with E-state index < -0.39 is 0 Å². The number of carbonyl (C=O) groups is 1. The lowest BCUT2D eigenvalue weighted by atomic mass is 9.91. The number of amides is 1. The normalized spacial score (nSPS) is 25.1. The minimum Gasteiger partial charge on any atom is -0.391 e. The molecule has 0 radical (unpaired) electrons. The fourth-order valence-electron chi connectivity index (χ4n) is 2.71. The molecule has 0 saturated carbocycles. The van der Waals surface area contributed by atoms with Crippen LogP contribution in [-0.4, -0.2) is 35.1 Å². The van der Waals surface area contributed by atoms with Crippen molar-refractivity contribution in [1.29, 1.82) is 0 Å². The monoisotopic (exact) mass is 261 g/mol. The summed E-state index contributed by atoms with van der Waals surface area (Å²) in [4.78, 5) is 14.4. The molecule has 1 N–H and O–H groups in total. The predicted octanol–water partition coefficient (Wildman–Crippen LogP) is 2.41. The summed E-state index contributed by atoms with van der Waals surface area (Å²) < 4.78 is 0. The number of aliphatic hydroxyl groups is 1. The highest BCUT2D eigenvalue weighted by atomic mass is 16.3. The van der Waals surface area contributed by atoms with E-state index in [1.54, 1.807) is 0 Å². The van der Waals surface area contributed by atoms with Crippen molar-refractivity contribution in [3.8, 4) is 0 Å². The zero-order valence-corrected chi connectivity index (χ0v) is 11.7. The summed E-state index contributed by atoms with van der Waals surface area (Å²) >= 11 is 0. The van der Waals surface area contributed by atoms with Crippen LogP contribution in [-0.2, 0) is 4.79 Å². The maximum absolute atomic E-state index is 12.6. The average molecular weight is 261 g/mol. The summed E-state index contributed by atoms with van der Waals surface area (Å²) in [6.07, 6.45) is 1.30. The third kappa shape index (κ3) is 3.16. The van der Waals surface area contributed by atoms with Gasteiger partial charge in [-0.3, -0.25) is 4.79 Å². The maximum Gasteiger partial charge on any atom is 0.230 e. The Morgan fingerprint density at radius 3 is 2.68 bits per heavy atom. The van der Waals surface area contributed by atoms with E-state index in [2.05, 4.69) is 0 Å². The average Bonchev–Trinajstić information content (AvgIpc) is 2.44. The lowest BCUT2D eigenvalue weighted by molar-refractivity contribution is -0.137. The highest BCUT2D eigenvalue weighted by Crippen LogP contribution is 2.25. The highest BCUT2D eigenvalue weighted by Gasteiger charge is 2.31. The number of aliphatic hydroxyl groups excluding tert-OH is 1. The summed E-state index contributed by atoms with van der Waals surface area (Å²) in [7, 11) is 0. The van der Waals surface area contributed by atoms with Crippen LogP contribution in [0.4, 0.5) is 0 Å².